The standard InChI is InChI=1S/C13H29NO3.C6H14O.CH4O2/c1-12(2)6-3-4-7-14-10-13(16)11-17-9-5-8-15;1-6(2)4-3-5-7;2-1-3/h12-16H,3-11H2,1-2H3;6-7H,3-5H2,1-2H3;2-3H,1H2. The molecule has 0 aromatic carbocycles. The number of hydrogen-bond donors (Lipinski definition) is 6. The molecule has 0 saturated heterocycles. The van der Waals surface area contributed by atoms with E-state index in [2.05, 4.69) is 33.0 Å². The minimum Gasteiger partial charge on any atom is -0.396 e. The molecular formula is C20H47NO6. The molecule has 0 rings (SSSR count). The van der Waals surface area contributed by atoms with Crippen LogP contribution in [0.3, 0.4) is 0 Å². The Bertz CT molecular complexity index is 243. The summed E-state index contributed by atoms with van der Waals surface area (Å²) in [6.07, 6.45) is 5.97. The van der Waals surface area contributed by atoms with E-state index < -0.39 is 12.9 Å². The highest BCUT2D eigenvalue weighted by atomic mass is 16.5. The minimum absolute atomic E-state index is 0.143. The number of rotatable bonds is 15. The lowest BCUT2D eigenvalue weighted by atomic mass is 10.1. The predicted molar refractivity (Wildman–Crippen MR) is 111 cm³/mol. The quantitative estimate of drug-likeness (QED) is 0.183. The summed E-state index contributed by atoms with van der Waals surface area (Å²) in [6.45, 7) is 10.9. The second-order valence-electron chi connectivity index (χ2n) is 7.30. The summed E-state index contributed by atoms with van der Waals surface area (Å²) in [5.41, 5.74) is 0. The summed E-state index contributed by atoms with van der Waals surface area (Å²) >= 11 is 0. The van der Waals surface area contributed by atoms with Gasteiger partial charge in [0.25, 0.3) is 0 Å². The molecule has 0 aliphatic heterocycles. The van der Waals surface area contributed by atoms with Crippen LogP contribution in [0.4, 0.5) is 0 Å². The molecule has 0 fully saturated rings. The van der Waals surface area contributed by atoms with Crippen molar-refractivity contribution in [3.63, 3.8) is 0 Å². The Balaban J connectivity index is -0.000000476. The molecule has 0 radical (unpaired) electrons. The van der Waals surface area contributed by atoms with Crippen LogP contribution in [0.5, 0.6) is 0 Å². The predicted octanol–water partition coefficient (Wildman–Crippen LogP) is 1.51. The molecule has 0 aromatic heterocycles. The third-order valence-corrected chi connectivity index (χ3v) is 3.46. The second kappa shape index (κ2) is 27.9. The van der Waals surface area contributed by atoms with Crippen molar-refractivity contribution in [2.75, 3.05) is 46.3 Å². The Hall–Kier alpha value is -0.280. The molecule has 0 bridgehead atoms. The first kappa shape index (κ1) is 31.4. The molecule has 0 spiro atoms. The van der Waals surface area contributed by atoms with Crippen molar-refractivity contribution in [3.8, 4) is 0 Å². The van der Waals surface area contributed by atoms with Crippen LogP contribution in [-0.2, 0) is 4.74 Å². The van der Waals surface area contributed by atoms with Crippen LogP contribution in [0.15, 0.2) is 0 Å². The van der Waals surface area contributed by atoms with Crippen molar-refractivity contribution < 1.29 is 30.3 Å². The van der Waals surface area contributed by atoms with Gasteiger partial charge >= 0.3 is 0 Å². The summed E-state index contributed by atoms with van der Waals surface area (Å²) in [7, 11) is 0. The van der Waals surface area contributed by atoms with Gasteiger partial charge in [-0.3, -0.25) is 0 Å². The number of aliphatic hydroxyl groups excluding tert-OH is 4. The zero-order chi connectivity index (χ0) is 21.3. The first-order chi connectivity index (χ1) is 12.8. The third kappa shape index (κ3) is 41.3. The van der Waals surface area contributed by atoms with Crippen molar-refractivity contribution in [2.45, 2.75) is 72.3 Å². The number of aliphatic hydroxyl groups is 5. The summed E-state index contributed by atoms with van der Waals surface area (Å²) < 4.78 is 5.20. The van der Waals surface area contributed by atoms with Gasteiger partial charge in [0.15, 0.2) is 0 Å². The van der Waals surface area contributed by atoms with Crippen molar-refractivity contribution in [1.82, 2.24) is 5.32 Å². The van der Waals surface area contributed by atoms with Crippen molar-refractivity contribution in [2.24, 2.45) is 11.8 Å². The molecule has 6 N–H and O–H groups in total. The smallest absolute Gasteiger partial charge is 0.140 e. The fourth-order valence-electron chi connectivity index (χ4n) is 2.02. The SMILES string of the molecule is CC(C)CCCCNCC(O)COCCCO.CC(C)CCCO.OCO. The fraction of sp³-hybridized carbons (Fsp3) is 1.00. The molecular weight excluding hydrogens is 350 g/mol. The summed E-state index contributed by atoms with van der Waals surface area (Å²) in [5.74, 6) is 1.52. The molecule has 27 heavy (non-hydrogen) atoms. The van der Waals surface area contributed by atoms with Gasteiger partial charge < -0.3 is 35.6 Å². The third-order valence-electron chi connectivity index (χ3n) is 3.46. The Labute approximate surface area is 166 Å². The summed E-state index contributed by atoms with van der Waals surface area (Å²) in [5, 5.41) is 43.9. The number of unbranched alkanes of at least 4 members (excludes halogenated alkanes) is 1. The lowest BCUT2D eigenvalue weighted by Gasteiger charge is -2.12. The number of nitrogens with one attached hydrogen (secondary N) is 1. The number of ether oxygens (including phenoxy) is 1. The lowest BCUT2D eigenvalue weighted by molar-refractivity contribution is 0.0316. The van der Waals surface area contributed by atoms with Crippen LogP contribution in [0, 0.1) is 11.8 Å². The molecule has 0 aliphatic rings. The van der Waals surface area contributed by atoms with Crippen LogP contribution in [0.1, 0.15) is 66.2 Å². The minimum atomic E-state index is -0.750. The monoisotopic (exact) mass is 397 g/mol. The van der Waals surface area contributed by atoms with Gasteiger partial charge in [-0.05, 0) is 44.1 Å². The van der Waals surface area contributed by atoms with Gasteiger partial charge in [-0.15, -0.1) is 0 Å². The van der Waals surface area contributed by atoms with E-state index in [9.17, 15) is 5.11 Å². The number of hydrogen-bond acceptors (Lipinski definition) is 7. The lowest BCUT2D eigenvalue weighted by Crippen LogP contribution is -2.31. The fourth-order valence-corrected chi connectivity index (χ4v) is 2.02. The van der Waals surface area contributed by atoms with Crippen LogP contribution < -0.4 is 5.32 Å². The zero-order valence-electron chi connectivity index (χ0n) is 18.1. The van der Waals surface area contributed by atoms with E-state index in [1.54, 1.807) is 0 Å². The summed E-state index contributed by atoms with van der Waals surface area (Å²) in [4.78, 5) is 0. The maximum absolute atomic E-state index is 9.54. The maximum atomic E-state index is 9.54. The molecule has 1 atom stereocenters. The van der Waals surface area contributed by atoms with Gasteiger partial charge in [-0.2, -0.15) is 0 Å². The van der Waals surface area contributed by atoms with Gasteiger partial charge in [-0.25, -0.2) is 0 Å². The highest BCUT2D eigenvalue weighted by Crippen LogP contribution is 2.05. The molecule has 1 unspecified atom stereocenters. The highest BCUT2D eigenvalue weighted by Gasteiger charge is 2.03. The molecule has 0 saturated carbocycles. The Morgan fingerprint density at radius 3 is 1.74 bits per heavy atom. The molecule has 0 amide bonds. The molecule has 0 aromatic rings. The van der Waals surface area contributed by atoms with Crippen molar-refractivity contribution in [1.29, 1.82) is 0 Å². The van der Waals surface area contributed by atoms with Crippen LogP contribution in [0.25, 0.3) is 0 Å². The molecule has 7 nitrogen and oxygen atoms in total. The van der Waals surface area contributed by atoms with E-state index in [0.29, 0.717) is 32.8 Å². The zero-order valence-corrected chi connectivity index (χ0v) is 18.1. The first-order valence-corrected chi connectivity index (χ1v) is 10.2. The average Bonchev–Trinajstić information content (AvgIpc) is 2.61. The van der Waals surface area contributed by atoms with E-state index in [1.165, 1.54) is 12.8 Å². The van der Waals surface area contributed by atoms with E-state index in [1.807, 2.05) is 0 Å². The molecule has 7 heteroatoms. The van der Waals surface area contributed by atoms with Crippen molar-refractivity contribution in [3.05, 3.63) is 0 Å². The first-order valence-electron chi connectivity index (χ1n) is 10.2. The Kier molecular flexibility index (Phi) is 32.5. The van der Waals surface area contributed by atoms with Gasteiger partial charge in [0.1, 0.15) is 6.79 Å². The second-order valence-corrected chi connectivity index (χ2v) is 7.30. The topological polar surface area (TPSA) is 122 Å². The van der Waals surface area contributed by atoms with E-state index in [4.69, 9.17) is 25.2 Å². The normalized spacial score (nSPS) is 11.7. The highest BCUT2D eigenvalue weighted by molar-refractivity contribution is 4.59. The van der Waals surface area contributed by atoms with Crippen LogP contribution in [-0.4, -0.2) is 77.9 Å². The van der Waals surface area contributed by atoms with Crippen LogP contribution >= 0.6 is 0 Å². The van der Waals surface area contributed by atoms with Gasteiger partial charge in [0.2, 0.25) is 0 Å². The van der Waals surface area contributed by atoms with E-state index in [-0.39, 0.29) is 6.61 Å². The molecule has 0 heterocycles. The van der Waals surface area contributed by atoms with Crippen molar-refractivity contribution >= 4 is 0 Å². The summed E-state index contributed by atoms with van der Waals surface area (Å²) in [6, 6.07) is 0. The Morgan fingerprint density at radius 1 is 0.778 bits per heavy atom. The van der Waals surface area contributed by atoms with Gasteiger partial charge in [0.05, 0.1) is 12.7 Å². The maximum Gasteiger partial charge on any atom is 0.140 e. The van der Waals surface area contributed by atoms with E-state index >= 15 is 0 Å². The van der Waals surface area contributed by atoms with Crippen LogP contribution in [0.2, 0.25) is 0 Å². The Morgan fingerprint density at radius 2 is 1.30 bits per heavy atom. The average molecular weight is 398 g/mol. The molecule has 0 aliphatic carbocycles. The van der Waals surface area contributed by atoms with Gasteiger partial charge in [0, 0.05) is 26.4 Å². The molecule has 168 valence electrons. The van der Waals surface area contributed by atoms with Gasteiger partial charge in [-0.1, -0.05) is 40.5 Å². The largest absolute Gasteiger partial charge is 0.396 e. The van der Waals surface area contributed by atoms with E-state index in [0.717, 1.165) is 37.6 Å².